The molecule has 0 radical (unpaired) electrons. The highest BCUT2D eigenvalue weighted by Crippen LogP contribution is 2.39. The molecule has 0 spiro atoms. The molecular weight excluding hydrogens is 515 g/mol. The number of hydrogen-bond acceptors (Lipinski definition) is 3. The summed E-state index contributed by atoms with van der Waals surface area (Å²) in [5.74, 6) is 14.1. The molecule has 0 aliphatic heterocycles. The maximum atomic E-state index is 14.5. The van der Waals surface area contributed by atoms with Crippen LogP contribution in [0.15, 0.2) is 54.6 Å². The van der Waals surface area contributed by atoms with Crippen LogP contribution in [0.1, 0.15) is 64.5 Å². The van der Waals surface area contributed by atoms with Gasteiger partial charge in [0.25, 0.3) is 0 Å². The van der Waals surface area contributed by atoms with Crippen molar-refractivity contribution in [1.82, 2.24) is 0 Å². The van der Waals surface area contributed by atoms with Crippen molar-refractivity contribution in [3.8, 4) is 23.7 Å². The molecule has 4 heteroatoms. The standard InChI is InChI=1S/C36H35FO2S/c1-7-35(8-2,38-5)17-15-27-29-19-24-13-11-12-14-25(24)20-30(29)28(16-18-36(9-3,10-4)39-6)32-23-33-26(21-31(27)32)22-34(37)40-33/h11-14,19-23H,7-10H2,1-6H3. The predicted octanol–water partition coefficient (Wildman–Crippen LogP) is 9.61. The summed E-state index contributed by atoms with van der Waals surface area (Å²) < 4.78 is 27.2. The van der Waals surface area contributed by atoms with Crippen LogP contribution in [0.5, 0.6) is 0 Å². The van der Waals surface area contributed by atoms with Gasteiger partial charge in [0.15, 0.2) is 5.13 Å². The molecule has 1 heterocycles. The summed E-state index contributed by atoms with van der Waals surface area (Å²) in [5.41, 5.74) is 0.770. The van der Waals surface area contributed by atoms with Crippen LogP contribution in [0.2, 0.25) is 0 Å². The van der Waals surface area contributed by atoms with E-state index in [4.69, 9.17) is 9.47 Å². The Kier molecular flexibility index (Phi) is 7.89. The summed E-state index contributed by atoms with van der Waals surface area (Å²) >= 11 is 1.16. The van der Waals surface area contributed by atoms with E-state index in [2.05, 4.69) is 99.9 Å². The largest absolute Gasteiger partial charge is 0.366 e. The average molecular weight is 551 g/mol. The Labute approximate surface area is 240 Å². The third-order valence-electron chi connectivity index (χ3n) is 8.49. The van der Waals surface area contributed by atoms with Gasteiger partial charge >= 0.3 is 0 Å². The van der Waals surface area contributed by atoms with Crippen LogP contribution in [-0.2, 0) is 9.47 Å². The van der Waals surface area contributed by atoms with Crippen LogP contribution >= 0.6 is 11.3 Å². The lowest BCUT2D eigenvalue weighted by molar-refractivity contribution is 0.0344. The SMILES string of the molecule is CCC(C#Cc1c2cc3ccccc3cc2c(C#CC(CC)(CC)OC)c2cc3sc(F)cc3cc12)(CC)OC. The lowest BCUT2D eigenvalue weighted by atomic mass is 9.88. The molecule has 0 aliphatic carbocycles. The normalized spacial score (nSPS) is 12.1. The zero-order valence-electron chi connectivity index (χ0n) is 24.1. The summed E-state index contributed by atoms with van der Waals surface area (Å²) in [6.45, 7) is 8.41. The quantitative estimate of drug-likeness (QED) is 0.155. The summed E-state index contributed by atoms with van der Waals surface area (Å²) in [6, 6.07) is 18.6. The molecular formula is C36H35FO2S. The van der Waals surface area contributed by atoms with Crippen LogP contribution in [-0.4, -0.2) is 25.4 Å². The minimum atomic E-state index is -0.535. The molecule has 0 saturated heterocycles. The van der Waals surface area contributed by atoms with E-state index in [1.165, 1.54) is 0 Å². The third-order valence-corrected chi connectivity index (χ3v) is 9.37. The van der Waals surface area contributed by atoms with E-state index in [0.717, 1.165) is 90.6 Å². The van der Waals surface area contributed by atoms with Crippen molar-refractivity contribution in [2.45, 2.75) is 64.6 Å². The molecule has 5 aromatic rings. The molecule has 5 rings (SSSR count). The number of hydrogen-bond donors (Lipinski definition) is 0. The minimum Gasteiger partial charge on any atom is -0.366 e. The van der Waals surface area contributed by atoms with Crippen LogP contribution in [0.25, 0.3) is 42.4 Å². The third kappa shape index (κ3) is 4.86. The fourth-order valence-corrected chi connectivity index (χ4v) is 6.38. The van der Waals surface area contributed by atoms with Gasteiger partial charge in [-0.3, -0.25) is 0 Å². The van der Waals surface area contributed by atoms with Crippen molar-refractivity contribution in [3.63, 3.8) is 0 Å². The first-order chi connectivity index (χ1) is 19.3. The van der Waals surface area contributed by atoms with Gasteiger partial charge in [0, 0.05) is 35.4 Å². The lowest BCUT2D eigenvalue weighted by Gasteiger charge is -2.24. The Bertz CT molecular complexity index is 1700. The van der Waals surface area contributed by atoms with Crippen LogP contribution in [0, 0.1) is 28.8 Å². The predicted molar refractivity (Wildman–Crippen MR) is 169 cm³/mol. The van der Waals surface area contributed by atoms with E-state index in [1.807, 2.05) is 0 Å². The maximum Gasteiger partial charge on any atom is 0.177 e. The minimum absolute atomic E-state index is 0.202. The van der Waals surface area contributed by atoms with Gasteiger partial charge in [0.1, 0.15) is 11.2 Å². The average Bonchev–Trinajstić information content (AvgIpc) is 3.36. The van der Waals surface area contributed by atoms with Crippen LogP contribution in [0.3, 0.4) is 0 Å². The second-order valence-corrected chi connectivity index (χ2v) is 11.3. The van der Waals surface area contributed by atoms with Gasteiger partial charge < -0.3 is 9.47 Å². The molecule has 0 saturated carbocycles. The van der Waals surface area contributed by atoms with E-state index in [0.29, 0.717) is 0 Å². The first-order valence-corrected chi connectivity index (χ1v) is 14.8. The Balaban J connectivity index is 1.99. The smallest absolute Gasteiger partial charge is 0.177 e. The van der Waals surface area contributed by atoms with Crippen molar-refractivity contribution < 1.29 is 13.9 Å². The Morgan fingerprint density at radius 1 is 0.650 bits per heavy atom. The molecule has 2 nitrogen and oxygen atoms in total. The van der Waals surface area contributed by atoms with Gasteiger partial charge in [-0.15, -0.1) is 11.3 Å². The zero-order valence-corrected chi connectivity index (χ0v) is 24.9. The molecule has 4 aromatic carbocycles. The topological polar surface area (TPSA) is 18.5 Å². The highest BCUT2D eigenvalue weighted by Gasteiger charge is 2.24. The maximum absolute atomic E-state index is 14.5. The van der Waals surface area contributed by atoms with Gasteiger partial charge in [-0.05, 0) is 88.3 Å². The fourth-order valence-electron chi connectivity index (χ4n) is 5.57. The number of ether oxygens (including phenoxy) is 2. The van der Waals surface area contributed by atoms with E-state index in [-0.39, 0.29) is 5.13 Å². The Hall–Kier alpha value is -3.41. The van der Waals surface area contributed by atoms with E-state index < -0.39 is 11.2 Å². The first-order valence-electron chi connectivity index (χ1n) is 14.0. The molecule has 0 N–H and O–H groups in total. The summed E-state index contributed by atoms with van der Waals surface area (Å²) in [5, 5.41) is 6.95. The molecule has 0 amide bonds. The molecule has 0 unspecified atom stereocenters. The number of methoxy groups -OCH3 is 2. The summed E-state index contributed by atoms with van der Waals surface area (Å²) in [7, 11) is 3.46. The number of rotatable bonds is 6. The van der Waals surface area contributed by atoms with E-state index in [9.17, 15) is 4.39 Å². The van der Waals surface area contributed by atoms with Crippen molar-refractivity contribution in [2.24, 2.45) is 0 Å². The number of halogens is 1. The summed E-state index contributed by atoms with van der Waals surface area (Å²) in [4.78, 5) is 0. The second kappa shape index (κ2) is 11.2. The first kappa shape index (κ1) is 28.1. The molecule has 0 bridgehead atoms. The van der Waals surface area contributed by atoms with Crippen LogP contribution in [0.4, 0.5) is 4.39 Å². The Morgan fingerprint density at radius 3 is 1.50 bits per heavy atom. The van der Waals surface area contributed by atoms with Gasteiger partial charge in [-0.1, -0.05) is 75.6 Å². The highest BCUT2D eigenvalue weighted by atomic mass is 32.1. The van der Waals surface area contributed by atoms with E-state index >= 15 is 0 Å². The van der Waals surface area contributed by atoms with Gasteiger partial charge in [0.05, 0.1) is 0 Å². The second-order valence-electron chi connectivity index (χ2n) is 10.3. The summed E-state index contributed by atoms with van der Waals surface area (Å²) in [6.07, 6.45) is 3.12. The fraction of sp³-hybridized carbons (Fsp3) is 0.333. The molecule has 0 aliphatic rings. The lowest BCUT2D eigenvalue weighted by Crippen LogP contribution is -2.27. The molecule has 0 fully saturated rings. The highest BCUT2D eigenvalue weighted by molar-refractivity contribution is 7.17. The van der Waals surface area contributed by atoms with Gasteiger partial charge in [-0.2, -0.15) is 4.39 Å². The van der Waals surface area contributed by atoms with Crippen molar-refractivity contribution in [2.75, 3.05) is 14.2 Å². The molecule has 40 heavy (non-hydrogen) atoms. The number of benzene rings is 4. The monoisotopic (exact) mass is 550 g/mol. The van der Waals surface area contributed by atoms with Crippen LogP contribution < -0.4 is 0 Å². The van der Waals surface area contributed by atoms with Crippen molar-refractivity contribution >= 4 is 53.7 Å². The van der Waals surface area contributed by atoms with Crippen molar-refractivity contribution in [3.05, 3.63) is 70.9 Å². The van der Waals surface area contributed by atoms with Gasteiger partial charge in [-0.25, -0.2) is 0 Å². The molecule has 0 atom stereocenters. The number of fused-ring (bicyclic) bond motifs is 4. The Morgan fingerprint density at radius 2 is 1.07 bits per heavy atom. The zero-order chi connectivity index (χ0) is 28.5. The molecule has 1 aromatic heterocycles. The molecule has 204 valence electrons. The van der Waals surface area contributed by atoms with Gasteiger partial charge in [0.2, 0.25) is 0 Å². The van der Waals surface area contributed by atoms with E-state index in [1.54, 1.807) is 20.3 Å². The van der Waals surface area contributed by atoms with Crippen molar-refractivity contribution in [1.29, 1.82) is 0 Å². The number of thiophene rings is 1.